The normalized spacial score (nSPS) is 11.3. The van der Waals surface area contributed by atoms with Crippen molar-refractivity contribution in [2.45, 2.75) is 0 Å². The van der Waals surface area contributed by atoms with Crippen molar-refractivity contribution in [2.24, 2.45) is 4.99 Å². The van der Waals surface area contributed by atoms with E-state index in [2.05, 4.69) is 4.99 Å². The Bertz CT molecular complexity index is 823. The van der Waals surface area contributed by atoms with Gasteiger partial charge < -0.3 is 5.11 Å². The Hall–Kier alpha value is -2.75. The van der Waals surface area contributed by atoms with Gasteiger partial charge in [0.1, 0.15) is 17.4 Å². The van der Waals surface area contributed by atoms with E-state index < -0.39 is 11.6 Å². The maximum Gasteiger partial charge on any atom is 0.128 e. The number of benzene rings is 3. The van der Waals surface area contributed by atoms with Crippen molar-refractivity contribution < 1.29 is 13.9 Å². The maximum atomic E-state index is 13.1. The van der Waals surface area contributed by atoms with Gasteiger partial charge in [0.15, 0.2) is 0 Å². The smallest absolute Gasteiger partial charge is 0.128 e. The minimum Gasteiger partial charge on any atom is -0.507 e. The zero-order chi connectivity index (χ0) is 14.8. The van der Waals surface area contributed by atoms with Crippen LogP contribution in [0.1, 0.15) is 5.56 Å². The van der Waals surface area contributed by atoms with Gasteiger partial charge in [-0.25, -0.2) is 8.78 Å². The molecular weight excluding hydrogens is 272 g/mol. The second kappa shape index (κ2) is 5.32. The molecule has 0 spiro atoms. The molecule has 3 rings (SSSR count). The number of hydrogen-bond acceptors (Lipinski definition) is 2. The largest absolute Gasteiger partial charge is 0.507 e. The summed E-state index contributed by atoms with van der Waals surface area (Å²) in [5, 5.41) is 11.7. The van der Waals surface area contributed by atoms with E-state index >= 15 is 0 Å². The van der Waals surface area contributed by atoms with Gasteiger partial charge in [0.2, 0.25) is 0 Å². The molecule has 0 amide bonds. The number of aromatic hydroxyl groups is 1. The van der Waals surface area contributed by atoms with Gasteiger partial charge in [-0.2, -0.15) is 0 Å². The monoisotopic (exact) mass is 283 g/mol. The number of phenolic OH excluding ortho intramolecular Hbond substituents is 1. The summed E-state index contributed by atoms with van der Waals surface area (Å²) in [5.41, 5.74) is 0.664. The topological polar surface area (TPSA) is 32.6 Å². The molecule has 0 aliphatic rings. The van der Waals surface area contributed by atoms with E-state index in [0.29, 0.717) is 5.56 Å². The van der Waals surface area contributed by atoms with Crippen molar-refractivity contribution >= 4 is 22.7 Å². The lowest BCUT2D eigenvalue weighted by Gasteiger charge is -2.04. The highest BCUT2D eigenvalue weighted by molar-refractivity contribution is 6.02. The summed E-state index contributed by atoms with van der Waals surface area (Å²) in [7, 11) is 0. The lowest BCUT2D eigenvalue weighted by molar-refractivity contribution is 0.475. The van der Waals surface area contributed by atoms with Crippen LogP contribution in [0.15, 0.2) is 59.6 Å². The standard InChI is InChI=1S/C17H11F2NO/c18-12-7-13(19)9-14(8-12)20-10-16-15-4-2-1-3-11(15)5-6-17(16)21/h1-10,21H. The van der Waals surface area contributed by atoms with Gasteiger partial charge in [0.25, 0.3) is 0 Å². The first-order valence-corrected chi connectivity index (χ1v) is 6.34. The molecule has 2 nitrogen and oxygen atoms in total. The summed E-state index contributed by atoms with van der Waals surface area (Å²) in [5.74, 6) is -1.32. The van der Waals surface area contributed by atoms with Gasteiger partial charge in [-0.3, -0.25) is 4.99 Å². The molecule has 0 bridgehead atoms. The summed E-state index contributed by atoms with van der Waals surface area (Å²) < 4.78 is 26.2. The maximum absolute atomic E-state index is 13.1. The highest BCUT2D eigenvalue weighted by Gasteiger charge is 2.05. The van der Waals surface area contributed by atoms with E-state index in [9.17, 15) is 13.9 Å². The second-order valence-electron chi connectivity index (χ2n) is 4.61. The van der Waals surface area contributed by atoms with Crippen LogP contribution in [0, 0.1) is 11.6 Å². The van der Waals surface area contributed by atoms with E-state index in [4.69, 9.17) is 0 Å². The lowest BCUT2D eigenvalue weighted by atomic mass is 10.0. The fraction of sp³-hybridized carbons (Fsp3) is 0. The molecule has 0 aliphatic carbocycles. The highest BCUT2D eigenvalue weighted by atomic mass is 19.1. The first kappa shape index (κ1) is 13.2. The fourth-order valence-electron chi connectivity index (χ4n) is 2.17. The number of nitrogens with zero attached hydrogens (tertiary/aromatic N) is 1. The third kappa shape index (κ3) is 2.74. The van der Waals surface area contributed by atoms with E-state index in [1.54, 1.807) is 12.1 Å². The third-order valence-electron chi connectivity index (χ3n) is 3.14. The van der Waals surface area contributed by atoms with Crippen LogP contribution in [0.2, 0.25) is 0 Å². The van der Waals surface area contributed by atoms with Gasteiger partial charge in [0, 0.05) is 17.8 Å². The summed E-state index contributed by atoms with van der Waals surface area (Å²) in [6.45, 7) is 0. The average Bonchev–Trinajstić information content (AvgIpc) is 2.45. The van der Waals surface area contributed by atoms with Gasteiger partial charge in [-0.15, -0.1) is 0 Å². The Morgan fingerprint density at radius 1 is 0.905 bits per heavy atom. The Kier molecular flexibility index (Phi) is 3.36. The van der Waals surface area contributed by atoms with Crippen molar-refractivity contribution in [3.8, 4) is 5.75 Å². The van der Waals surface area contributed by atoms with E-state index in [-0.39, 0.29) is 11.4 Å². The van der Waals surface area contributed by atoms with Crippen LogP contribution >= 0.6 is 0 Å². The molecule has 0 unspecified atom stereocenters. The van der Waals surface area contributed by atoms with Gasteiger partial charge in [0.05, 0.1) is 5.69 Å². The molecule has 0 radical (unpaired) electrons. The van der Waals surface area contributed by atoms with E-state index in [0.717, 1.165) is 29.0 Å². The number of aliphatic imine (C=N–C) groups is 1. The van der Waals surface area contributed by atoms with Crippen LogP contribution in [-0.2, 0) is 0 Å². The molecule has 0 saturated heterocycles. The molecule has 4 heteroatoms. The number of hydrogen-bond donors (Lipinski definition) is 1. The van der Waals surface area contributed by atoms with Crippen molar-refractivity contribution in [3.63, 3.8) is 0 Å². The quantitative estimate of drug-likeness (QED) is 0.686. The van der Waals surface area contributed by atoms with Crippen LogP contribution < -0.4 is 0 Å². The minimum absolute atomic E-state index is 0.0642. The molecular formula is C17H11F2NO. The van der Waals surface area contributed by atoms with Crippen LogP contribution in [-0.4, -0.2) is 11.3 Å². The van der Waals surface area contributed by atoms with Crippen molar-refractivity contribution in [1.82, 2.24) is 0 Å². The molecule has 0 aromatic heterocycles. The first-order valence-electron chi connectivity index (χ1n) is 6.34. The Labute approximate surface area is 120 Å². The molecule has 104 valence electrons. The van der Waals surface area contributed by atoms with Crippen molar-refractivity contribution in [1.29, 1.82) is 0 Å². The van der Waals surface area contributed by atoms with Gasteiger partial charge >= 0.3 is 0 Å². The SMILES string of the molecule is Oc1ccc2ccccc2c1C=Nc1cc(F)cc(F)c1. The minimum atomic E-state index is -0.690. The van der Waals surface area contributed by atoms with E-state index in [1.165, 1.54) is 6.21 Å². The molecule has 3 aromatic carbocycles. The van der Waals surface area contributed by atoms with Crippen molar-refractivity contribution in [2.75, 3.05) is 0 Å². The Morgan fingerprint density at radius 3 is 2.38 bits per heavy atom. The zero-order valence-corrected chi connectivity index (χ0v) is 10.9. The Morgan fingerprint density at radius 2 is 1.62 bits per heavy atom. The number of halogens is 2. The number of fused-ring (bicyclic) bond motifs is 1. The van der Waals surface area contributed by atoms with Gasteiger partial charge in [-0.05, 0) is 29.0 Å². The van der Waals surface area contributed by atoms with E-state index in [1.807, 2.05) is 24.3 Å². The first-order chi connectivity index (χ1) is 10.1. The summed E-state index contributed by atoms with van der Waals surface area (Å²) in [6, 6.07) is 13.9. The molecule has 3 aromatic rings. The van der Waals surface area contributed by atoms with Crippen LogP contribution in [0.4, 0.5) is 14.5 Å². The lowest BCUT2D eigenvalue weighted by Crippen LogP contribution is -1.86. The predicted octanol–water partition coefficient (Wildman–Crippen LogP) is 4.57. The molecule has 0 atom stereocenters. The number of phenols is 1. The molecule has 0 aliphatic heterocycles. The average molecular weight is 283 g/mol. The van der Waals surface area contributed by atoms with Crippen molar-refractivity contribution in [3.05, 3.63) is 71.8 Å². The predicted molar refractivity (Wildman–Crippen MR) is 79.2 cm³/mol. The third-order valence-corrected chi connectivity index (χ3v) is 3.14. The summed E-state index contributed by atoms with van der Waals surface area (Å²) >= 11 is 0. The van der Waals surface area contributed by atoms with Crippen LogP contribution in [0.25, 0.3) is 10.8 Å². The van der Waals surface area contributed by atoms with Gasteiger partial charge in [-0.1, -0.05) is 30.3 Å². The zero-order valence-electron chi connectivity index (χ0n) is 10.9. The summed E-state index contributed by atoms with van der Waals surface area (Å²) in [6.07, 6.45) is 1.41. The molecule has 21 heavy (non-hydrogen) atoms. The Balaban J connectivity index is 2.08. The highest BCUT2D eigenvalue weighted by Crippen LogP contribution is 2.26. The summed E-state index contributed by atoms with van der Waals surface area (Å²) in [4.78, 5) is 4.04. The molecule has 0 heterocycles. The second-order valence-corrected chi connectivity index (χ2v) is 4.61. The fourth-order valence-corrected chi connectivity index (χ4v) is 2.17. The molecule has 1 N–H and O–H groups in total. The number of rotatable bonds is 2. The van der Waals surface area contributed by atoms with Crippen LogP contribution in [0.5, 0.6) is 5.75 Å². The molecule has 0 fully saturated rings. The molecule has 0 saturated carbocycles. The van der Waals surface area contributed by atoms with Crippen LogP contribution in [0.3, 0.4) is 0 Å².